The zero-order valence-corrected chi connectivity index (χ0v) is 14.2. The third kappa shape index (κ3) is 2.92. The number of rotatable bonds is 4. The Labute approximate surface area is 134 Å². The highest BCUT2D eigenvalue weighted by Gasteiger charge is 2.25. The first-order valence-electron chi connectivity index (χ1n) is 7.85. The molecular weight excluding hydrogens is 296 g/mol. The second kappa shape index (κ2) is 6.20. The summed E-state index contributed by atoms with van der Waals surface area (Å²) in [5, 5.41) is 8.54. The van der Waals surface area contributed by atoms with Crippen LogP contribution in [-0.4, -0.2) is 27.2 Å². The molecule has 0 radical (unpaired) electrons. The number of nitrogens with one attached hydrogen (secondary N) is 1. The number of nitrogens with zero attached hydrogens (tertiary/aromatic N) is 3. The topological polar surface area (TPSA) is 59.8 Å². The average molecular weight is 318 g/mol. The van der Waals surface area contributed by atoms with Gasteiger partial charge in [0, 0.05) is 30.6 Å². The van der Waals surface area contributed by atoms with Crippen molar-refractivity contribution in [1.82, 2.24) is 20.1 Å². The van der Waals surface area contributed by atoms with Crippen LogP contribution in [0, 0.1) is 6.92 Å². The van der Waals surface area contributed by atoms with Gasteiger partial charge >= 0.3 is 0 Å². The van der Waals surface area contributed by atoms with Gasteiger partial charge in [-0.05, 0) is 32.6 Å². The molecule has 2 aromatic rings. The van der Waals surface area contributed by atoms with Crippen LogP contribution >= 0.6 is 11.3 Å². The van der Waals surface area contributed by atoms with E-state index in [4.69, 9.17) is 0 Å². The lowest BCUT2D eigenvalue weighted by molar-refractivity contribution is 0.0949. The Hall–Kier alpha value is -1.69. The summed E-state index contributed by atoms with van der Waals surface area (Å²) in [5.74, 6) is 0.323. The molecule has 0 aliphatic heterocycles. The molecule has 2 heterocycles. The van der Waals surface area contributed by atoms with E-state index >= 15 is 0 Å². The van der Waals surface area contributed by atoms with Gasteiger partial charge in [-0.25, -0.2) is 4.98 Å². The van der Waals surface area contributed by atoms with E-state index in [0.29, 0.717) is 18.0 Å². The van der Waals surface area contributed by atoms with Gasteiger partial charge in [0.05, 0.1) is 22.0 Å². The van der Waals surface area contributed by atoms with Crippen LogP contribution in [0.15, 0.2) is 6.20 Å². The maximum Gasteiger partial charge on any atom is 0.254 e. The lowest BCUT2D eigenvalue weighted by atomic mass is 9.91. The number of carbonyl (C=O) groups is 1. The van der Waals surface area contributed by atoms with Crippen LogP contribution in [0.5, 0.6) is 0 Å². The van der Waals surface area contributed by atoms with Crippen molar-refractivity contribution in [3.8, 4) is 0 Å². The van der Waals surface area contributed by atoms with Crippen LogP contribution in [0.25, 0.3) is 0 Å². The number of thiazole rings is 1. The first-order chi connectivity index (χ1) is 10.6. The molecule has 22 heavy (non-hydrogen) atoms. The summed E-state index contributed by atoms with van der Waals surface area (Å²) in [5.41, 5.74) is 2.75. The molecule has 2 aromatic heterocycles. The fourth-order valence-electron chi connectivity index (χ4n) is 3.12. The van der Waals surface area contributed by atoms with Gasteiger partial charge in [-0.2, -0.15) is 5.10 Å². The molecule has 1 N–H and O–H groups in total. The van der Waals surface area contributed by atoms with Crippen LogP contribution in [0.2, 0.25) is 0 Å². The summed E-state index contributed by atoms with van der Waals surface area (Å²) >= 11 is 1.80. The van der Waals surface area contributed by atoms with Crippen LogP contribution < -0.4 is 5.32 Å². The van der Waals surface area contributed by atoms with Crippen molar-refractivity contribution >= 4 is 17.2 Å². The minimum absolute atomic E-state index is 0.0241. The minimum Gasteiger partial charge on any atom is -0.351 e. The third-order valence-electron chi connectivity index (χ3n) is 4.17. The van der Waals surface area contributed by atoms with E-state index in [1.165, 1.54) is 17.0 Å². The number of amides is 1. The first kappa shape index (κ1) is 15.2. The highest BCUT2D eigenvalue weighted by atomic mass is 32.1. The highest BCUT2D eigenvalue weighted by molar-refractivity contribution is 7.11. The number of carbonyl (C=O) groups excluding carboxylic acids is 1. The van der Waals surface area contributed by atoms with Crippen molar-refractivity contribution in [2.45, 2.75) is 45.4 Å². The van der Waals surface area contributed by atoms with Crippen LogP contribution in [0.1, 0.15) is 57.3 Å². The molecule has 0 saturated heterocycles. The highest BCUT2D eigenvalue weighted by Crippen LogP contribution is 2.34. The quantitative estimate of drug-likeness (QED) is 0.942. The summed E-state index contributed by atoms with van der Waals surface area (Å²) < 4.78 is 1.70. The molecule has 0 unspecified atom stereocenters. The summed E-state index contributed by atoms with van der Waals surface area (Å²) in [6.45, 7) is 4.74. The van der Waals surface area contributed by atoms with E-state index < -0.39 is 0 Å². The Kier molecular flexibility index (Phi) is 4.29. The SMILES string of the molecule is CCc1nn(C)cc1C(=O)NC[C@H]1CCCc2sc(C)nc21. The maximum absolute atomic E-state index is 12.4. The lowest BCUT2D eigenvalue weighted by Gasteiger charge is -2.21. The number of hydrogen-bond donors (Lipinski definition) is 1. The number of aryl methyl sites for hydroxylation is 4. The molecule has 0 fully saturated rings. The van der Waals surface area contributed by atoms with Crippen molar-refractivity contribution in [2.75, 3.05) is 6.54 Å². The number of fused-ring (bicyclic) bond motifs is 1. The predicted molar refractivity (Wildman–Crippen MR) is 87.4 cm³/mol. The van der Waals surface area contributed by atoms with Gasteiger partial charge < -0.3 is 5.32 Å². The first-order valence-corrected chi connectivity index (χ1v) is 8.67. The van der Waals surface area contributed by atoms with Gasteiger partial charge in [-0.1, -0.05) is 6.92 Å². The van der Waals surface area contributed by atoms with E-state index in [9.17, 15) is 4.79 Å². The average Bonchev–Trinajstić information content (AvgIpc) is 3.06. The largest absolute Gasteiger partial charge is 0.351 e. The molecule has 118 valence electrons. The van der Waals surface area contributed by atoms with Gasteiger partial charge in [0.2, 0.25) is 0 Å². The molecule has 0 bridgehead atoms. The summed E-state index contributed by atoms with van der Waals surface area (Å²) in [6, 6.07) is 0. The minimum atomic E-state index is -0.0241. The standard InChI is InChI=1S/C16H22N4OS/c1-4-13-12(9-20(3)19-13)16(21)17-8-11-6-5-7-14-15(11)18-10(2)22-14/h9,11H,4-8H2,1-3H3,(H,17,21)/t11-/m1/s1. The Morgan fingerprint density at radius 2 is 2.36 bits per heavy atom. The number of aromatic nitrogens is 3. The molecule has 0 saturated carbocycles. The van der Waals surface area contributed by atoms with Crippen LogP contribution in [-0.2, 0) is 19.9 Å². The summed E-state index contributed by atoms with van der Waals surface area (Å²) in [6.07, 6.45) is 5.98. The number of hydrogen-bond acceptors (Lipinski definition) is 4. The van der Waals surface area contributed by atoms with Crippen molar-refractivity contribution in [3.63, 3.8) is 0 Å². The summed E-state index contributed by atoms with van der Waals surface area (Å²) in [7, 11) is 1.85. The second-order valence-corrected chi connectivity index (χ2v) is 7.14. The molecule has 1 aliphatic rings. The van der Waals surface area contributed by atoms with Crippen LogP contribution in [0.4, 0.5) is 0 Å². The van der Waals surface area contributed by atoms with Crippen molar-refractivity contribution < 1.29 is 4.79 Å². The monoisotopic (exact) mass is 318 g/mol. The summed E-state index contributed by atoms with van der Waals surface area (Å²) in [4.78, 5) is 18.5. The van der Waals surface area contributed by atoms with Crippen LogP contribution in [0.3, 0.4) is 0 Å². The molecule has 3 rings (SSSR count). The Balaban J connectivity index is 1.69. The van der Waals surface area contributed by atoms with Gasteiger partial charge in [-0.15, -0.1) is 11.3 Å². The van der Waals surface area contributed by atoms with Gasteiger partial charge in [0.25, 0.3) is 5.91 Å². The Bertz CT molecular complexity index is 688. The lowest BCUT2D eigenvalue weighted by Crippen LogP contribution is -2.30. The normalized spacial score (nSPS) is 17.3. The van der Waals surface area contributed by atoms with E-state index in [2.05, 4.69) is 22.3 Å². The van der Waals surface area contributed by atoms with E-state index in [0.717, 1.165) is 30.0 Å². The van der Waals surface area contributed by atoms with Crippen molar-refractivity contribution in [1.29, 1.82) is 0 Å². The van der Waals surface area contributed by atoms with Gasteiger partial charge in [-0.3, -0.25) is 9.48 Å². The van der Waals surface area contributed by atoms with Crippen molar-refractivity contribution in [3.05, 3.63) is 33.0 Å². The van der Waals surface area contributed by atoms with E-state index in [-0.39, 0.29) is 5.91 Å². The molecule has 5 nitrogen and oxygen atoms in total. The fraction of sp³-hybridized carbons (Fsp3) is 0.562. The molecule has 1 atom stereocenters. The Morgan fingerprint density at radius 3 is 3.14 bits per heavy atom. The van der Waals surface area contributed by atoms with Crippen molar-refractivity contribution in [2.24, 2.45) is 7.05 Å². The van der Waals surface area contributed by atoms with E-state index in [1.807, 2.05) is 14.0 Å². The third-order valence-corrected chi connectivity index (χ3v) is 5.22. The Morgan fingerprint density at radius 1 is 1.55 bits per heavy atom. The molecule has 6 heteroatoms. The second-order valence-electron chi connectivity index (χ2n) is 5.86. The molecule has 0 spiro atoms. The molecular formula is C16H22N4OS. The molecule has 0 aromatic carbocycles. The molecule has 1 amide bonds. The van der Waals surface area contributed by atoms with Gasteiger partial charge in [0.1, 0.15) is 0 Å². The predicted octanol–water partition coefficient (Wildman–Crippen LogP) is 2.60. The van der Waals surface area contributed by atoms with Gasteiger partial charge in [0.15, 0.2) is 0 Å². The fourth-order valence-corrected chi connectivity index (χ4v) is 4.19. The smallest absolute Gasteiger partial charge is 0.254 e. The maximum atomic E-state index is 12.4. The zero-order chi connectivity index (χ0) is 15.7. The zero-order valence-electron chi connectivity index (χ0n) is 13.3. The molecule has 1 aliphatic carbocycles. The van der Waals surface area contributed by atoms with E-state index in [1.54, 1.807) is 22.2 Å².